The Bertz CT molecular complexity index is 939. The molecule has 11 heteroatoms. The number of aromatic amines is 1. The number of H-pyrrole nitrogens is 1. The molecule has 0 aliphatic carbocycles. The fourth-order valence-electron chi connectivity index (χ4n) is 4.00. The molecule has 3 rings (SSSR count). The molecule has 2 bridgehead atoms. The molecular weight excluding hydrogens is 423 g/mol. The van der Waals surface area contributed by atoms with Gasteiger partial charge >= 0.3 is 5.69 Å². The van der Waals surface area contributed by atoms with Crippen molar-refractivity contribution in [3.63, 3.8) is 0 Å². The summed E-state index contributed by atoms with van der Waals surface area (Å²) in [5.41, 5.74) is -2.24. The molecular formula is C20H31N4O6P. The van der Waals surface area contributed by atoms with Crippen molar-refractivity contribution in [3.8, 4) is 6.07 Å². The summed E-state index contributed by atoms with van der Waals surface area (Å²) in [5.74, 6) is 0. The molecule has 1 N–H and O–H groups in total. The molecule has 172 valence electrons. The van der Waals surface area contributed by atoms with Crippen LogP contribution in [0.2, 0.25) is 0 Å². The monoisotopic (exact) mass is 455 g/mol. The van der Waals surface area contributed by atoms with Crippen LogP contribution in [0.1, 0.15) is 55.0 Å². The van der Waals surface area contributed by atoms with E-state index in [0.29, 0.717) is 0 Å². The largest absolute Gasteiger partial charge is 0.368 e. The lowest BCUT2D eigenvalue weighted by molar-refractivity contribution is -0.175. The SMILES string of the molecule is [2H]C(C)[C@]12CO[C@H]([C@H](n3ccc(=O)[nH]c3=O)O1)[C@H]2OP(OCCC#N)N(C(C)C)C(C)C. The zero-order valence-electron chi connectivity index (χ0n) is 19.5. The summed E-state index contributed by atoms with van der Waals surface area (Å²) < 4.78 is 36.6. The highest BCUT2D eigenvalue weighted by Crippen LogP contribution is 2.55. The quantitative estimate of drug-likeness (QED) is 0.422. The molecule has 0 saturated carbocycles. The lowest BCUT2D eigenvalue weighted by Gasteiger charge is -2.38. The molecule has 31 heavy (non-hydrogen) atoms. The third-order valence-electron chi connectivity index (χ3n) is 5.38. The van der Waals surface area contributed by atoms with E-state index in [-0.39, 0.29) is 31.7 Å². The maximum absolute atomic E-state index is 12.4. The van der Waals surface area contributed by atoms with E-state index in [0.717, 1.165) is 0 Å². The fourth-order valence-corrected chi connectivity index (χ4v) is 5.80. The van der Waals surface area contributed by atoms with Crippen LogP contribution >= 0.6 is 8.53 Å². The van der Waals surface area contributed by atoms with Gasteiger partial charge in [-0.1, -0.05) is 6.92 Å². The van der Waals surface area contributed by atoms with Gasteiger partial charge in [-0.25, -0.2) is 9.46 Å². The number of nitrogens with one attached hydrogen (secondary N) is 1. The van der Waals surface area contributed by atoms with Gasteiger partial charge in [0.25, 0.3) is 14.1 Å². The van der Waals surface area contributed by atoms with Gasteiger partial charge in [0.05, 0.1) is 25.7 Å². The summed E-state index contributed by atoms with van der Waals surface area (Å²) in [7, 11) is -1.60. The van der Waals surface area contributed by atoms with Crippen LogP contribution in [-0.2, 0) is 18.5 Å². The lowest BCUT2D eigenvalue weighted by Crippen LogP contribution is -2.42. The van der Waals surface area contributed by atoms with Crippen molar-refractivity contribution in [1.82, 2.24) is 14.2 Å². The van der Waals surface area contributed by atoms with Gasteiger partial charge in [-0.05, 0) is 34.1 Å². The van der Waals surface area contributed by atoms with Crippen LogP contribution in [-0.4, -0.2) is 57.3 Å². The van der Waals surface area contributed by atoms with Crippen LogP contribution in [0.4, 0.5) is 0 Å². The Kier molecular flexibility index (Phi) is 7.22. The molecule has 1 aromatic heterocycles. The summed E-state index contributed by atoms with van der Waals surface area (Å²) in [6.45, 7) is 10.2. The summed E-state index contributed by atoms with van der Waals surface area (Å²) in [6.07, 6.45) is -1.33. The maximum Gasteiger partial charge on any atom is 0.330 e. The molecule has 6 atom stereocenters. The Balaban J connectivity index is 1.95. The first kappa shape index (κ1) is 22.6. The molecule has 2 aliphatic rings. The number of hydrogen-bond donors (Lipinski definition) is 1. The average Bonchev–Trinajstić information content (AvgIpc) is 3.21. The number of rotatable bonds is 10. The number of nitriles is 1. The molecule has 1 aromatic rings. The zero-order valence-corrected chi connectivity index (χ0v) is 19.4. The van der Waals surface area contributed by atoms with Crippen molar-refractivity contribution in [2.24, 2.45) is 0 Å². The third kappa shape index (κ3) is 4.77. The number of fused-ring (bicyclic) bond motifs is 2. The van der Waals surface area contributed by atoms with Gasteiger partial charge in [0.15, 0.2) is 6.23 Å². The Morgan fingerprint density at radius 3 is 2.74 bits per heavy atom. The van der Waals surface area contributed by atoms with Gasteiger partial charge in [-0.15, -0.1) is 0 Å². The highest BCUT2D eigenvalue weighted by Gasteiger charge is 2.63. The molecule has 10 nitrogen and oxygen atoms in total. The Labute approximate surface area is 184 Å². The van der Waals surface area contributed by atoms with Crippen molar-refractivity contribution in [2.45, 2.75) is 83.6 Å². The van der Waals surface area contributed by atoms with Crippen molar-refractivity contribution in [2.75, 3.05) is 13.2 Å². The topological polar surface area (TPSA) is 119 Å². The van der Waals surface area contributed by atoms with E-state index in [2.05, 4.69) is 15.7 Å². The number of aromatic nitrogens is 2. The Morgan fingerprint density at radius 1 is 1.45 bits per heavy atom. The summed E-state index contributed by atoms with van der Waals surface area (Å²) in [5, 5.41) is 8.93. The maximum atomic E-state index is 12.4. The number of nitrogens with zero attached hydrogens (tertiary/aromatic N) is 3. The van der Waals surface area contributed by atoms with Gasteiger partial charge in [-0.2, -0.15) is 5.26 Å². The second-order valence-electron chi connectivity index (χ2n) is 8.12. The normalized spacial score (nSPS) is 30.0. The second-order valence-corrected chi connectivity index (χ2v) is 9.52. The van der Waals surface area contributed by atoms with E-state index in [1.165, 1.54) is 16.8 Å². The molecule has 0 radical (unpaired) electrons. The molecule has 0 amide bonds. The molecule has 2 saturated heterocycles. The second kappa shape index (κ2) is 9.90. The van der Waals surface area contributed by atoms with Crippen molar-refractivity contribution >= 4 is 8.53 Å². The van der Waals surface area contributed by atoms with E-state index in [1.807, 2.05) is 27.7 Å². The highest BCUT2D eigenvalue weighted by molar-refractivity contribution is 7.44. The minimum Gasteiger partial charge on any atom is -0.368 e. The standard InChI is InChI=1S/C20H31N4O6P/c1-6-20-12-27-16(18(29-20)23-10-8-15(25)22-19(23)26)17(20)30-31(28-11-7-9-21)24(13(2)3)14(4)5/h8,10,13-14,16-18H,6-7,11-12H2,1-5H3,(H,22,25,26)/t16-,17+,18+,20+,31?/m0/s1/i6D/t6?,16-,17+,18+,20+,31?. The van der Waals surface area contributed by atoms with E-state index in [1.54, 1.807) is 6.92 Å². The van der Waals surface area contributed by atoms with Crippen LogP contribution < -0.4 is 11.2 Å². The first-order valence-electron chi connectivity index (χ1n) is 11.0. The fraction of sp³-hybridized carbons (Fsp3) is 0.750. The van der Waals surface area contributed by atoms with Gasteiger partial charge in [0, 0.05) is 25.7 Å². The third-order valence-corrected chi connectivity index (χ3v) is 7.49. The van der Waals surface area contributed by atoms with Gasteiger partial charge in [0.2, 0.25) is 0 Å². The highest BCUT2D eigenvalue weighted by atomic mass is 31.2. The van der Waals surface area contributed by atoms with Crippen molar-refractivity contribution in [1.29, 1.82) is 5.26 Å². The van der Waals surface area contributed by atoms with Crippen LogP contribution in [0.5, 0.6) is 0 Å². The van der Waals surface area contributed by atoms with Gasteiger partial charge in [-0.3, -0.25) is 14.3 Å². The molecule has 0 aromatic carbocycles. The first-order chi connectivity index (χ1) is 15.1. The molecule has 0 spiro atoms. The van der Waals surface area contributed by atoms with Crippen LogP contribution in [0, 0.1) is 11.3 Å². The lowest BCUT2D eigenvalue weighted by atomic mass is 9.96. The average molecular weight is 455 g/mol. The van der Waals surface area contributed by atoms with Crippen LogP contribution in [0.15, 0.2) is 21.9 Å². The Morgan fingerprint density at radius 2 is 2.16 bits per heavy atom. The molecule has 2 fully saturated rings. The van der Waals surface area contributed by atoms with Crippen molar-refractivity contribution < 1.29 is 19.9 Å². The summed E-state index contributed by atoms with van der Waals surface area (Å²) >= 11 is 0. The molecule has 3 heterocycles. The van der Waals surface area contributed by atoms with E-state index in [4.69, 9.17) is 25.2 Å². The predicted octanol–water partition coefficient (Wildman–Crippen LogP) is 2.27. The summed E-state index contributed by atoms with van der Waals surface area (Å²) in [6, 6.07) is 3.52. The minimum absolute atomic E-state index is 0.103. The summed E-state index contributed by atoms with van der Waals surface area (Å²) in [4.78, 5) is 26.1. The van der Waals surface area contributed by atoms with Gasteiger partial charge in [0.1, 0.15) is 17.8 Å². The van der Waals surface area contributed by atoms with E-state index >= 15 is 0 Å². The van der Waals surface area contributed by atoms with E-state index in [9.17, 15) is 9.59 Å². The molecule has 2 unspecified atom stereocenters. The number of ether oxygens (including phenoxy) is 2. The predicted molar refractivity (Wildman–Crippen MR) is 114 cm³/mol. The van der Waals surface area contributed by atoms with E-state index < -0.39 is 50.2 Å². The minimum atomic E-state index is -1.60. The smallest absolute Gasteiger partial charge is 0.330 e. The van der Waals surface area contributed by atoms with Crippen LogP contribution in [0.25, 0.3) is 0 Å². The molecule has 2 aliphatic heterocycles. The van der Waals surface area contributed by atoms with Crippen molar-refractivity contribution in [3.05, 3.63) is 33.1 Å². The van der Waals surface area contributed by atoms with Gasteiger partial charge < -0.3 is 18.5 Å². The first-order valence-corrected chi connectivity index (χ1v) is 11.5. The Hall–Kier alpha value is -1.60. The van der Waals surface area contributed by atoms with Crippen LogP contribution in [0.3, 0.4) is 0 Å². The zero-order chi connectivity index (χ0) is 23.6. The number of hydrogen-bond acceptors (Lipinski definition) is 8.